The normalized spacial score (nSPS) is 27.2. The first-order valence-corrected chi connectivity index (χ1v) is 3.83. The van der Waals surface area contributed by atoms with Gasteiger partial charge in [0.15, 0.2) is 0 Å². The molecule has 12 heavy (non-hydrogen) atoms. The minimum absolute atomic E-state index is 0.0298. The van der Waals surface area contributed by atoms with Crippen molar-refractivity contribution in [1.29, 1.82) is 0 Å². The molecule has 1 aromatic carbocycles. The predicted octanol–water partition coefficient (Wildman–Crippen LogP) is 1.26. The van der Waals surface area contributed by atoms with Crippen LogP contribution in [0, 0.1) is 5.82 Å². The van der Waals surface area contributed by atoms with Crippen LogP contribution in [0.3, 0.4) is 0 Å². The predicted molar refractivity (Wildman–Crippen MR) is 41.1 cm³/mol. The van der Waals surface area contributed by atoms with Crippen LogP contribution in [0.5, 0.6) is 0 Å². The lowest BCUT2D eigenvalue weighted by molar-refractivity contribution is 0.242. The Balaban J connectivity index is 2.10. The van der Waals surface area contributed by atoms with Crippen molar-refractivity contribution < 1.29 is 14.2 Å². The van der Waals surface area contributed by atoms with Gasteiger partial charge in [0.05, 0.1) is 6.61 Å². The number of halogens is 1. The third-order valence-corrected chi connectivity index (χ3v) is 1.96. The fraction of sp³-hybridized carbons (Fsp3) is 0.333. The molecule has 0 unspecified atom stereocenters. The third kappa shape index (κ3) is 1.33. The Hall–Kier alpha value is -0.930. The number of aliphatic hydroxyl groups is 1. The van der Waals surface area contributed by atoms with Gasteiger partial charge in [-0.25, -0.2) is 4.39 Å². The average Bonchev–Trinajstić information content (AvgIpc) is 2.85. The van der Waals surface area contributed by atoms with Crippen molar-refractivity contribution >= 4 is 0 Å². The molecule has 2 nitrogen and oxygen atoms in total. The van der Waals surface area contributed by atoms with E-state index in [1.807, 2.05) is 0 Å². The van der Waals surface area contributed by atoms with E-state index in [0.717, 1.165) is 5.56 Å². The zero-order valence-corrected chi connectivity index (χ0v) is 6.40. The molecule has 1 aliphatic rings. The van der Waals surface area contributed by atoms with E-state index in [0.29, 0.717) is 0 Å². The van der Waals surface area contributed by atoms with E-state index in [-0.39, 0.29) is 24.6 Å². The summed E-state index contributed by atoms with van der Waals surface area (Å²) in [7, 11) is 0. The molecule has 1 saturated heterocycles. The lowest BCUT2D eigenvalue weighted by atomic mass is 10.1. The van der Waals surface area contributed by atoms with Crippen LogP contribution in [0.25, 0.3) is 0 Å². The van der Waals surface area contributed by atoms with E-state index < -0.39 is 0 Å². The number of benzene rings is 1. The van der Waals surface area contributed by atoms with Gasteiger partial charge >= 0.3 is 0 Å². The summed E-state index contributed by atoms with van der Waals surface area (Å²) in [6.07, 6.45) is -0.119. The molecule has 0 saturated carbocycles. The zero-order chi connectivity index (χ0) is 8.55. The van der Waals surface area contributed by atoms with E-state index in [9.17, 15) is 4.39 Å². The molecule has 0 spiro atoms. The van der Waals surface area contributed by atoms with Crippen LogP contribution in [-0.2, 0) is 4.74 Å². The van der Waals surface area contributed by atoms with E-state index >= 15 is 0 Å². The quantitative estimate of drug-likeness (QED) is 0.674. The molecule has 1 N–H and O–H groups in total. The summed E-state index contributed by atoms with van der Waals surface area (Å²) in [4.78, 5) is 0. The van der Waals surface area contributed by atoms with E-state index in [1.54, 1.807) is 12.1 Å². The Bertz CT molecular complexity index is 270. The SMILES string of the molecule is OC[C@@H]1O[C@H]1c1ccc(F)cc1. The maximum atomic E-state index is 12.5. The van der Waals surface area contributed by atoms with Gasteiger partial charge in [0.1, 0.15) is 18.0 Å². The second kappa shape index (κ2) is 2.84. The highest BCUT2D eigenvalue weighted by atomic mass is 19.1. The maximum Gasteiger partial charge on any atom is 0.123 e. The van der Waals surface area contributed by atoms with Crippen LogP contribution >= 0.6 is 0 Å². The van der Waals surface area contributed by atoms with Crippen molar-refractivity contribution in [2.45, 2.75) is 12.2 Å². The van der Waals surface area contributed by atoms with Gasteiger partial charge in [-0.3, -0.25) is 0 Å². The number of hydrogen-bond donors (Lipinski definition) is 1. The first-order valence-electron chi connectivity index (χ1n) is 3.83. The highest BCUT2D eigenvalue weighted by molar-refractivity contribution is 5.22. The van der Waals surface area contributed by atoms with Gasteiger partial charge in [-0.2, -0.15) is 0 Å². The number of hydrogen-bond acceptors (Lipinski definition) is 2. The second-order valence-electron chi connectivity index (χ2n) is 2.83. The lowest BCUT2D eigenvalue weighted by Gasteiger charge is -1.93. The molecule has 64 valence electrons. The van der Waals surface area contributed by atoms with Crippen LogP contribution in [0.2, 0.25) is 0 Å². The largest absolute Gasteiger partial charge is 0.394 e. The Labute approximate surface area is 69.6 Å². The molecule has 1 aliphatic heterocycles. The summed E-state index contributed by atoms with van der Waals surface area (Å²) in [5, 5.41) is 8.69. The molecule has 0 aromatic heterocycles. The minimum atomic E-state index is -0.250. The molecule has 1 heterocycles. The Morgan fingerprint density at radius 1 is 1.33 bits per heavy atom. The molecule has 0 aliphatic carbocycles. The van der Waals surface area contributed by atoms with Crippen LogP contribution in [0.1, 0.15) is 11.7 Å². The molecular formula is C9H9FO2. The van der Waals surface area contributed by atoms with Crippen LogP contribution in [0.4, 0.5) is 4.39 Å². The molecule has 2 rings (SSSR count). The standard InChI is InChI=1S/C9H9FO2/c10-7-3-1-6(2-4-7)9-8(5-11)12-9/h1-4,8-9,11H,5H2/t8-,9-/m0/s1. The summed E-state index contributed by atoms with van der Waals surface area (Å²) >= 11 is 0. The lowest BCUT2D eigenvalue weighted by Crippen LogP contribution is -1.94. The van der Waals surface area contributed by atoms with E-state index in [2.05, 4.69) is 0 Å². The van der Waals surface area contributed by atoms with E-state index in [4.69, 9.17) is 9.84 Å². The fourth-order valence-electron chi connectivity index (χ4n) is 1.23. The Kier molecular flexibility index (Phi) is 1.83. The molecular weight excluding hydrogens is 159 g/mol. The molecule has 2 atom stereocenters. The third-order valence-electron chi connectivity index (χ3n) is 1.96. The van der Waals surface area contributed by atoms with Crippen LogP contribution in [0.15, 0.2) is 24.3 Å². The summed E-state index contributed by atoms with van der Waals surface area (Å²) in [5.74, 6) is -0.250. The number of ether oxygens (including phenoxy) is 1. The fourth-order valence-corrected chi connectivity index (χ4v) is 1.23. The van der Waals surface area contributed by atoms with Gasteiger partial charge in [0, 0.05) is 0 Å². The smallest absolute Gasteiger partial charge is 0.123 e. The maximum absolute atomic E-state index is 12.5. The number of epoxide rings is 1. The van der Waals surface area contributed by atoms with Crippen molar-refractivity contribution in [1.82, 2.24) is 0 Å². The molecule has 3 heteroatoms. The average molecular weight is 168 g/mol. The summed E-state index contributed by atoms with van der Waals surface area (Å²) in [6.45, 7) is 0.0298. The Morgan fingerprint density at radius 2 is 2.00 bits per heavy atom. The summed E-state index contributed by atoms with van der Waals surface area (Å²) in [6, 6.07) is 6.14. The first kappa shape index (κ1) is 7.71. The van der Waals surface area contributed by atoms with Crippen LogP contribution < -0.4 is 0 Å². The highest BCUT2D eigenvalue weighted by Gasteiger charge is 2.39. The van der Waals surface area contributed by atoms with Crippen molar-refractivity contribution in [2.24, 2.45) is 0 Å². The summed E-state index contributed by atoms with van der Waals surface area (Å²) in [5.41, 5.74) is 0.926. The molecule has 0 radical (unpaired) electrons. The molecule has 0 amide bonds. The minimum Gasteiger partial charge on any atom is -0.394 e. The van der Waals surface area contributed by atoms with Gasteiger partial charge in [0.25, 0.3) is 0 Å². The summed E-state index contributed by atoms with van der Waals surface area (Å²) < 4.78 is 17.6. The van der Waals surface area contributed by atoms with Gasteiger partial charge in [-0.1, -0.05) is 12.1 Å². The van der Waals surface area contributed by atoms with E-state index in [1.165, 1.54) is 12.1 Å². The van der Waals surface area contributed by atoms with Gasteiger partial charge < -0.3 is 9.84 Å². The monoisotopic (exact) mass is 168 g/mol. The van der Waals surface area contributed by atoms with Crippen molar-refractivity contribution in [3.05, 3.63) is 35.6 Å². The zero-order valence-electron chi connectivity index (χ0n) is 6.40. The van der Waals surface area contributed by atoms with Crippen molar-refractivity contribution in [2.75, 3.05) is 6.61 Å². The van der Waals surface area contributed by atoms with Gasteiger partial charge in [0.2, 0.25) is 0 Å². The van der Waals surface area contributed by atoms with Gasteiger partial charge in [-0.15, -0.1) is 0 Å². The highest BCUT2D eigenvalue weighted by Crippen LogP contribution is 2.37. The van der Waals surface area contributed by atoms with Crippen LogP contribution in [-0.4, -0.2) is 17.8 Å². The molecule has 1 fully saturated rings. The molecule has 0 bridgehead atoms. The second-order valence-corrected chi connectivity index (χ2v) is 2.83. The number of aliphatic hydroxyl groups excluding tert-OH is 1. The topological polar surface area (TPSA) is 32.8 Å². The Morgan fingerprint density at radius 3 is 2.50 bits per heavy atom. The van der Waals surface area contributed by atoms with Gasteiger partial charge in [-0.05, 0) is 17.7 Å². The first-order chi connectivity index (χ1) is 5.81. The van der Waals surface area contributed by atoms with Crippen molar-refractivity contribution in [3.8, 4) is 0 Å². The van der Waals surface area contributed by atoms with Crippen molar-refractivity contribution in [3.63, 3.8) is 0 Å². The number of rotatable bonds is 2. The molecule has 1 aromatic rings.